The molecule has 1 aliphatic rings. The highest BCUT2D eigenvalue weighted by atomic mass is 16.6. The number of hydrogen-bond acceptors (Lipinski definition) is 7. The molecule has 7 nitrogen and oxygen atoms in total. The van der Waals surface area contributed by atoms with Crippen LogP contribution in [0.2, 0.25) is 0 Å². The van der Waals surface area contributed by atoms with Crippen LogP contribution in [0.3, 0.4) is 0 Å². The van der Waals surface area contributed by atoms with Crippen LogP contribution in [0.25, 0.3) is 0 Å². The van der Waals surface area contributed by atoms with Crippen molar-refractivity contribution in [1.82, 2.24) is 0 Å². The molecule has 0 saturated carbocycles. The lowest BCUT2D eigenvalue weighted by Crippen LogP contribution is -2.37. The third-order valence-electron chi connectivity index (χ3n) is 5.29. The Morgan fingerprint density at radius 1 is 1.03 bits per heavy atom. The number of hydrogen-bond donors (Lipinski definition) is 1. The first-order chi connectivity index (χ1) is 15.5. The first-order valence-electron chi connectivity index (χ1n) is 10.5. The Balaban J connectivity index is 1.71. The molecule has 1 fully saturated rings. The van der Waals surface area contributed by atoms with Crippen molar-refractivity contribution in [2.24, 2.45) is 0 Å². The maximum Gasteiger partial charge on any atom is 0.338 e. The van der Waals surface area contributed by atoms with Crippen LogP contribution >= 0.6 is 0 Å². The molecule has 0 aliphatic carbocycles. The minimum Gasteiger partial charge on any atom is -0.458 e. The third kappa shape index (κ3) is 6.03. The first-order valence-corrected chi connectivity index (χ1v) is 10.5. The van der Waals surface area contributed by atoms with E-state index in [-0.39, 0.29) is 13.0 Å². The van der Waals surface area contributed by atoms with E-state index in [1.807, 2.05) is 0 Å². The lowest BCUT2D eigenvalue weighted by atomic mass is 10.0. The fourth-order valence-electron chi connectivity index (χ4n) is 3.68. The molecule has 1 saturated heterocycles. The summed E-state index contributed by atoms with van der Waals surface area (Å²) in [6.07, 6.45) is -0.976. The van der Waals surface area contributed by atoms with Crippen LogP contribution in [0.1, 0.15) is 33.6 Å². The number of aliphatic hydroxyl groups excluding tert-OH is 1. The number of methoxy groups -OCH3 is 1. The highest BCUT2D eigenvalue weighted by molar-refractivity contribution is 5.90. The van der Waals surface area contributed by atoms with Crippen LogP contribution in [-0.4, -0.2) is 61.3 Å². The largest absolute Gasteiger partial charge is 0.458 e. The zero-order valence-electron chi connectivity index (χ0n) is 18.0. The number of rotatable bonds is 10. The first kappa shape index (κ1) is 23.7. The van der Waals surface area contributed by atoms with Gasteiger partial charge in [-0.05, 0) is 30.7 Å². The fourth-order valence-corrected chi connectivity index (χ4v) is 3.68. The number of ether oxygens (including phenoxy) is 4. The van der Waals surface area contributed by atoms with Gasteiger partial charge in [0.1, 0.15) is 24.9 Å². The summed E-state index contributed by atoms with van der Waals surface area (Å²) >= 11 is 0. The maximum absolute atomic E-state index is 12.6. The van der Waals surface area contributed by atoms with Crippen LogP contribution in [-0.2, 0) is 18.9 Å². The Morgan fingerprint density at radius 2 is 1.62 bits per heavy atom. The van der Waals surface area contributed by atoms with Gasteiger partial charge in [0.15, 0.2) is 0 Å². The van der Waals surface area contributed by atoms with Gasteiger partial charge in [-0.1, -0.05) is 42.5 Å². The molecule has 1 unspecified atom stereocenters. The number of carbonyl (C=O) groups is 2. The van der Waals surface area contributed by atoms with Gasteiger partial charge in [0, 0.05) is 13.5 Å². The van der Waals surface area contributed by atoms with Gasteiger partial charge >= 0.3 is 11.9 Å². The maximum atomic E-state index is 12.6. The monoisotopic (exact) mass is 440 g/mol. The fraction of sp³-hybridized carbons (Fsp3) is 0.360. The molecule has 2 aromatic carbocycles. The predicted molar refractivity (Wildman–Crippen MR) is 117 cm³/mol. The topological polar surface area (TPSA) is 91.3 Å². The minimum absolute atomic E-state index is 0.162. The van der Waals surface area contributed by atoms with Crippen molar-refractivity contribution >= 4 is 11.9 Å². The molecule has 7 heteroatoms. The van der Waals surface area contributed by atoms with E-state index in [1.54, 1.807) is 66.7 Å². The summed E-state index contributed by atoms with van der Waals surface area (Å²) in [5.41, 5.74) is 0.779. The summed E-state index contributed by atoms with van der Waals surface area (Å²) in [5, 5.41) is 10.5. The Bertz CT molecular complexity index is 884. The summed E-state index contributed by atoms with van der Waals surface area (Å²) in [6, 6.07) is 17.1. The molecule has 2 aromatic rings. The van der Waals surface area contributed by atoms with Crippen LogP contribution in [0.5, 0.6) is 0 Å². The Kier molecular flexibility index (Phi) is 8.56. The van der Waals surface area contributed by atoms with Crippen molar-refractivity contribution in [3.05, 3.63) is 84.4 Å². The summed E-state index contributed by atoms with van der Waals surface area (Å²) in [6.45, 7) is 3.53. The molecule has 0 spiro atoms. The van der Waals surface area contributed by atoms with Crippen molar-refractivity contribution in [2.45, 2.75) is 43.4 Å². The molecular formula is C25H28O7. The average Bonchev–Trinajstić information content (AvgIpc) is 3.12. The molecule has 1 heterocycles. The Labute approximate surface area is 187 Å². The predicted octanol–water partition coefficient (Wildman–Crippen LogP) is 3.18. The zero-order valence-corrected chi connectivity index (χ0v) is 18.0. The van der Waals surface area contributed by atoms with Crippen molar-refractivity contribution in [2.75, 3.05) is 13.7 Å². The van der Waals surface area contributed by atoms with Gasteiger partial charge in [-0.25, -0.2) is 9.59 Å². The second-order valence-corrected chi connectivity index (χ2v) is 7.52. The normalized spacial score (nSPS) is 23.3. The molecule has 0 radical (unpaired) electrons. The van der Waals surface area contributed by atoms with E-state index < -0.39 is 42.5 Å². The van der Waals surface area contributed by atoms with Crippen LogP contribution in [0, 0.1) is 0 Å². The Hall–Kier alpha value is -3.00. The van der Waals surface area contributed by atoms with Crippen molar-refractivity contribution < 1.29 is 33.6 Å². The number of carbonyl (C=O) groups excluding carboxylic acids is 2. The van der Waals surface area contributed by atoms with Gasteiger partial charge < -0.3 is 24.1 Å². The molecule has 5 atom stereocenters. The summed E-state index contributed by atoms with van der Waals surface area (Å²) in [5.74, 6) is -1.06. The molecule has 0 aromatic heterocycles. The van der Waals surface area contributed by atoms with E-state index >= 15 is 0 Å². The average molecular weight is 440 g/mol. The number of benzene rings is 2. The van der Waals surface area contributed by atoms with Gasteiger partial charge in [0.25, 0.3) is 0 Å². The lowest BCUT2D eigenvalue weighted by Gasteiger charge is -2.24. The molecule has 170 valence electrons. The second-order valence-electron chi connectivity index (χ2n) is 7.52. The van der Waals surface area contributed by atoms with Crippen molar-refractivity contribution in [1.29, 1.82) is 0 Å². The summed E-state index contributed by atoms with van der Waals surface area (Å²) < 4.78 is 22.5. The zero-order chi connectivity index (χ0) is 22.9. The van der Waals surface area contributed by atoms with Crippen LogP contribution < -0.4 is 0 Å². The van der Waals surface area contributed by atoms with E-state index in [1.165, 1.54) is 7.11 Å². The molecular weight excluding hydrogens is 412 g/mol. The van der Waals surface area contributed by atoms with E-state index in [4.69, 9.17) is 18.9 Å². The molecule has 32 heavy (non-hydrogen) atoms. The molecule has 0 amide bonds. The molecule has 1 N–H and O–H groups in total. The van der Waals surface area contributed by atoms with E-state index in [2.05, 4.69) is 6.58 Å². The molecule has 1 aliphatic heterocycles. The van der Waals surface area contributed by atoms with Gasteiger partial charge in [-0.3, -0.25) is 0 Å². The van der Waals surface area contributed by atoms with Crippen molar-refractivity contribution in [3.63, 3.8) is 0 Å². The Morgan fingerprint density at radius 3 is 2.19 bits per heavy atom. The second kappa shape index (κ2) is 11.6. The lowest BCUT2D eigenvalue weighted by molar-refractivity contribution is -0.0526. The van der Waals surface area contributed by atoms with Crippen molar-refractivity contribution in [3.8, 4) is 0 Å². The van der Waals surface area contributed by atoms with Gasteiger partial charge in [-0.2, -0.15) is 0 Å². The minimum atomic E-state index is -0.847. The van der Waals surface area contributed by atoms with Crippen LogP contribution in [0.4, 0.5) is 0 Å². The van der Waals surface area contributed by atoms with E-state index in [9.17, 15) is 14.7 Å². The molecule has 0 bridgehead atoms. The quantitative estimate of drug-likeness (QED) is 0.448. The van der Waals surface area contributed by atoms with E-state index in [0.29, 0.717) is 17.5 Å². The third-order valence-corrected chi connectivity index (χ3v) is 5.29. The standard InChI is InChI=1S/C25H28O7/c1-3-10-20-22(26)23(29-2)21(32-20)15-19(31-25(28)18-13-8-5-9-14-18)16-30-24(27)17-11-6-4-7-12-17/h3-9,11-14,19-23,26H,1,10,15-16H2,2H3/t19-,20-,21+,22-,23?/m0/s1. The summed E-state index contributed by atoms with van der Waals surface area (Å²) in [4.78, 5) is 25.0. The van der Waals surface area contributed by atoms with Gasteiger partial charge in [-0.15, -0.1) is 6.58 Å². The SMILES string of the molecule is C=CC[C@@H]1O[C@H](C[C@@H](COC(=O)c2ccccc2)OC(=O)c2ccccc2)C(OC)[C@H]1O. The van der Waals surface area contributed by atoms with Crippen LogP contribution in [0.15, 0.2) is 73.3 Å². The number of esters is 2. The summed E-state index contributed by atoms with van der Waals surface area (Å²) in [7, 11) is 1.49. The highest BCUT2D eigenvalue weighted by Gasteiger charge is 2.44. The molecule has 3 rings (SSSR count). The van der Waals surface area contributed by atoms with E-state index in [0.717, 1.165) is 0 Å². The van der Waals surface area contributed by atoms with Gasteiger partial charge in [0.2, 0.25) is 0 Å². The highest BCUT2D eigenvalue weighted by Crippen LogP contribution is 2.29. The smallest absolute Gasteiger partial charge is 0.338 e. The number of aliphatic hydroxyl groups is 1. The van der Waals surface area contributed by atoms with Gasteiger partial charge in [0.05, 0.1) is 23.3 Å².